The normalized spacial score (nSPS) is 23.1. The molecule has 17 heavy (non-hydrogen) atoms. The fraction of sp³-hybridized carbons (Fsp3) is 0.500. The van der Waals surface area contributed by atoms with Crippen LogP contribution in [0.3, 0.4) is 0 Å². The highest BCUT2D eigenvalue weighted by atomic mass is 16.5. The lowest BCUT2D eigenvalue weighted by Gasteiger charge is -2.33. The van der Waals surface area contributed by atoms with Crippen molar-refractivity contribution in [3.05, 3.63) is 29.3 Å². The van der Waals surface area contributed by atoms with Crippen LogP contribution in [0.25, 0.3) is 0 Å². The van der Waals surface area contributed by atoms with Crippen LogP contribution in [0.5, 0.6) is 5.75 Å². The first-order valence-electron chi connectivity index (χ1n) is 6.35. The van der Waals surface area contributed by atoms with E-state index < -0.39 is 0 Å². The second-order valence-electron chi connectivity index (χ2n) is 4.82. The molecule has 0 radical (unpaired) electrons. The monoisotopic (exact) mass is 231 g/mol. The molecular weight excluding hydrogens is 214 g/mol. The lowest BCUT2D eigenvalue weighted by molar-refractivity contribution is -0.121. The molecule has 0 N–H and O–H groups in total. The number of rotatable bonds is 2. The van der Waals surface area contributed by atoms with E-state index in [9.17, 15) is 4.79 Å². The predicted molar refractivity (Wildman–Crippen MR) is 65.0 cm³/mol. The number of benzene rings is 1. The smallest absolute Gasteiger partial charge is 0.210 e. The fourth-order valence-corrected chi connectivity index (χ4v) is 2.85. The van der Waals surface area contributed by atoms with Crippen LogP contribution in [0.15, 0.2) is 18.2 Å². The molecule has 0 aromatic heterocycles. The number of hydrogen-bond acceptors (Lipinski definition) is 2. The molecule has 3 heteroatoms. The van der Waals surface area contributed by atoms with Crippen molar-refractivity contribution in [2.45, 2.75) is 31.7 Å². The van der Waals surface area contributed by atoms with E-state index in [1.807, 2.05) is 4.90 Å². The number of carbonyl (C=O) groups excluding carboxylic acids is 1. The van der Waals surface area contributed by atoms with E-state index in [-0.39, 0.29) is 6.04 Å². The molecule has 0 saturated carbocycles. The Morgan fingerprint density at radius 1 is 1.35 bits per heavy atom. The highest BCUT2D eigenvalue weighted by molar-refractivity contribution is 5.50. The van der Waals surface area contributed by atoms with Crippen LogP contribution < -0.4 is 4.74 Å². The van der Waals surface area contributed by atoms with E-state index in [0.717, 1.165) is 44.6 Å². The molecule has 3 rings (SSSR count). The molecule has 1 unspecified atom stereocenters. The van der Waals surface area contributed by atoms with Gasteiger partial charge in [0.05, 0.1) is 12.6 Å². The summed E-state index contributed by atoms with van der Waals surface area (Å²) in [6.07, 6.45) is 5.41. The molecule has 1 aromatic carbocycles. The third-order valence-corrected chi connectivity index (χ3v) is 3.78. The lowest BCUT2D eigenvalue weighted by Crippen LogP contribution is -2.32. The molecule has 0 aliphatic carbocycles. The molecule has 1 saturated heterocycles. The van der Waals surface area contributed by atoms with Crippen LogP contribution in [-0.4, -0.2) is 24.5 Å². The molecule has 1 atom stereocenters. The van der Waals surface area contributed by atoms with Gasteiger partial charge >= 0.3 is 0 Å². The van der Waals surface area contributed by atoms with Gasteiger partial charge in [0.1, 0.15) is 5.75 Å². The van der Waals surface area contributed by atoms with E-state index in [1.165, 1.54) is 17.5 Å². The molecule has 2 heterocycles. The van der Waals surface area contributed by atoms with Crippen molar-refractivity contribution in [3.8, 4) is 5.75 Å². The van der Waals surface area contributed by atoms with Crippen LogP contribution in [0.1, 0.15) is 36.4 Å². The Morgan fingerprint density at radius 3 is 3.18 bits per heavy atom. The Labute approximate surface area is 101 Å². The summed E-state index contributed by atoms with van der Waals surface area (Å²) < 4.78 is 5.51. The number of amides is 1. The molecule has 2 aliphatic heterocycles. The first-order valence-corrected chi connectivity index (χ1v) is 6.35. The largest absolute Gasteiger partial charge is 0.493 e. The maximum atomic E-state index is 11.1. The second-order valence-corrected chi connectivity index (χ2v) is 4.82. The van der Waals surface area contributed by atoms with Crippen LogP contribution in [-0.2, 0) is 11.2 Å². The van der Waals surface area contributed by atoms with Crippen molar-refractivity contribution in [2.24, 2.45) is 0 Å². The SMILES string of the molecule is O=CN1CCCCC1c1ccc2c(c1)CCO2. The van der Waals surface area contributed by atoms with Crippen LogP contribution in [0.4, 0.5) is 0 Å². The molecule has 0 spiro atoms. The minimum atomic E-state index is 0.271. The van der Waals surface area contributed by atoms with E-state index in [1.54, 1.807) is 0 Å². The highest BCUT2D eigenvalue weighted by Crippen LogP contribution is 2.34. The Hall–Kier alpha value is -1.51. The van der Waals surface area contributed by atoms with Gasteiger partial charge in [-0.25, -0.2) is 0 Å². The predicted octanol–water partition coefficient (Wildman–Crippen LogP) is 2.30. The topological polar surface area (TPSA) is 29.5 Å². The molecular formula is C14H17NO2. The summed E-state index contributed by atoms with van der Waals surface area (Å²) >= 11 is 0. The zero-order chi connectivity index (χ0) is 11.7. The van der Waals surface area contributed by atoms with Gasteiger partial charge in [0.2, 0.25) is 6.41 Å². The molecule has 1 amide bonds. The van der Waals surface area contributed by atoms with Crippen molar-refractivity contribution in [3.63, 3.8) is 0 Å². The summed E-state index contributed by atoms with van der Waals surface area (Å²) in [7, 11) is 0. The average molecular weight is 231 g/mol. The van der Waals surface area contributed by atoms with Crippen molar-refractivity contribution in [1.82, 2.24) is 4.90 Å². The Morgan fingerprint density at radius 2 is 2.29 bits per heavy atom. The second kappa shape index (κ2) is 4.40. The summed E-state index contributed by atoms with van der Waals surface area (Å²) in [5.41, 5.74) is 2.56. The molecule has 2 aliphatic rings. The van der Waals surface area contributed by atoms with Crippen molar-refractivity contribution in [2.75, 3.05) is 13.2 Å². The van der Waals surface area contributed by atoms with Crippen LogP contribution in [0.2, 0.25) is 0 Å². The molecule has 0 bridgehead atoms. The van der Waals surface area contributed by atoms with Gasteiger partial charge in [-0.1, -0.05) is 6.07 Å². The third kappa shape index (κ3) is 1.90. The number of carbonyl (C=O) groups is 1. The minimum absolute atomic E-state index is 0.271. The van der Waals surface area contributed by atoms with Crippen LogP contribution in [0, 0.1) is 0 Å². The van der Waals surface area contributed by atoms with Gasteiger partial charge in [-0.05, 0) is 42.5 Å². The number of ether oxygens (including phenoxy) is 1. The quantitative estimate of drug-likeness (QED) is 0.731. The van der Waals surface area contributed by atoms with Crippen molar-refractivity contribution < 1.29 is 9.53 Å². The number of hydrogen-bond donors (Lipinski definition) is 0. The fourth-order valence-electron chi connectivity index (χ4n) is 2.85. The average Bonchev–Trinajstić information content (AvgIpc) is 2.85. The summed E-state index contributed by atoms with van der Waals surface area (Å²) in [6.45, 7) is 1.68. The van der Waals surface area contributed by atoms with Gasteiger partial charge in [-0.3, -0.25) is 4.79 Å². The molecule has 1 fully saturated rings. The van der Waals surface area contributed by atoms with Gasteiger partial charge in [0.15, 0.2) is 0 Å². The Bertz CT molecular complexity index is 430. The zero-order valence-corrected chi connectivity index (χ0v) is 9.89. The number of fused-ring (bicyclic) bond motifs is 1. The summed E-state index contributed by atoms with van der Waals surface area (Å²) in [4.78, 5) is 13.0. The van der Waals surface area contributed by atoms with E-state index in [0.29, 0.717) is 0 Å². The summed E-state index contributed by atoms with van der Waals surface area (Å²) in [5, 5.41) is 0. The third-order valence-electron chi connectivity index (χ3n) is 3.78. The van der Waals surface area contributed by atoms with E-state index >= 15 is 0 Å². The van der Waals surface area contributed by atoms with E-state index in [4.69, 9.17) is 4.74 Å². The van der Waals surface area contributed by atoms with Gasteiger partial charge in [0, 0.05) is 13.0 Å². The number of piperidine rings is 1. The van der Waals surface area contributed by atoms with Crippen molar-refractivity contribution >= 4 is 6.41 Å². The van der Waals surface area contributed by atoms with Crippen LogP contribution >= 0.6 is 0 Å². The standard InChI is InChI=1S/C14H17NO2/c16-10-15-7-2-1-3-13(15)11-4-5-14-12(9-11)6-8-17-14/h4-5,9-10,13H,1-3,6-8H2. The number of nitrogens with zero attached hydrogens (tertiary/aromatic N) is 1. The first kappa shape index (κ1) is 10.6. The van der Waals surface area contributed by atoms with Gasteiger partial charge in [0.25, 0.3) is 0 Å². The molecule has 3 nitrogen and oxygen atoms in total. The Kier molecular flexibility index (Phi) is 2.75. The van der Waals surface area contributed by atoms with E-state index in [2.05, 4.69) is 18.2 Å². The maximum absolute atomic E-state index is 11.1. The summed E-state index contributed by atoms with van der Waals surface area (Å²) in [6, 6.07) is 6.65. The first-order chi connectivity index (χ1) is 8.38. The summed E-state index contributed by atoms with van der Waals surface area (Å²) in [5.74, 6) is 1.02. The van der Waals surface area contributed by atoms with Gasteiger partial charge < -0.3 is 9.64 Å². The molecule has 1 aromatic rings. The molecule has 90 valence electrons. The van der Waals surface area contributed by atoms with Crippen molar-refractivity contribution in [1.29, 1.82) is 0 Å². The number of likely N-dealkylation sites (tertiary alicyclic amines) is 1. The lowest BCUT2D eigenvalue weighted by atomic mass is 9.94. The minimum Gasteiger partial charge on any atom is -0.493 e. The zero-order valence-electron chi connectivity index (χ0n) is 9.89. The maximum Gasteiger partial charge on any atom is 0.210 e. The van der Waals surface area contributed by atoms with Gasteiger partial charge in [-0.2, -0.15) is 0 Å². The highest BCUT2D eigenvalue weighted by Gasteiger charge is 2.24. The van der Waals surface area contributed by atoms with Gasteiger partial charge in [-0.15, -0.1) is 0 Å². The Balaban J connectivity index is 1.89.